The molecular formula is C19H21FN2O3S. The predicted molar refractivity (Wildman–Crippen MR) is 98.7 cm³/mol. The lowest BCUT2D eigenvalue weighted by molar-refractivity contribution is -0.136. The van der Waals surface area contributed by atoms with Crippen molar-refractivity contribution in [2.45, 2.75) is 25.8 Å². The van der Waals surface area contributed by atoms with Crippen LogP contribution in [0.15, 0.2) is 29.6 Å². The number of anilines is 1. The van der Waals surface area contributed by atoms with Crippen molar-refractivity contribution in [2.75, 3.05) is 25.6 Å². The zero-order valence-corrected chi connectivity index (χ0v) is 15.6. The first-order chi connectivity index (χ1) is 12.5. The number of nitrogens with one attached hydrogen (secondary N) is 1. The quantitative estimate of drug-likeness (QED) is 0.842. The maximum Gasteiger partial charge on any atom is 0.231 e. The third-order valence-corrected chi connectivity index (χ3v) is 5.54. The summed E-state index contributed by atoms with van der Waals surface area (Å²) in [6.45, 7) is 3.26. The molecule has 7 heteroatoms. The van der Waals surface area contributed by atoms with Crippen LogP contribution in [-0.4, -0.2) is 37.0 Å². The number of aryl methyl sites for hydroxylation is 1. The van der Waals surface area contributed by atoms with Crippen LogP contribution in [-0.2, 0) is 20.9 Å². The first-order valence-electron chi connectivity index (χ1n) is 8.39. The summed E-state index contributed by atoms with van der Waals surface area (Å²) in [5, 5.41) is 4.70. The largest absolute Gasteiger partial charge is 0.383 e. The molecule has 26 heavy (non-hydrogen) atoms. The smallest absolute Gasteiger partial charge is 0.231 e. The van der Waals surface area contributed by atoms with Gasteiger partial charge in [-0.1, -0.05) is 0 Å². The summed E-state index contributed by atoms with van der Waals surface area (Å²) < 4.78 is 18.9. The van der Waals surface area contributed by atoms with Crippen LogP contribution < -0.4 is 5.32 Å². The van der Waals surface area contributed by atoms with E-state index in [2.05, 4.69) is 5.32 Å². The highest BCUT2D eigenvalue weighted by Gasteiger charge is 2.34. The number of hydrogen-bond acceptors (Lipinski definition) is 4. The topological polar surface area (TPSA) is 58.6 Å². The molecule has 1 atom stereocenters. The van der Waals surface area contributed by atoms with Crippen molar-refractivity contribution in [2.24, 2.45) is 0 Å². The van der Waals surface area contributed by atoms with E-state index in [0.717, 1.165) is 10.4 Å². The van der Waals surface area contributed by atoms with E-state index < -0.39 is 11.7 Å². The van der Waals surface area contributed by atoms with Crippen LogP contribution in [0.3, 0.4) is 0 Å². The highest BCUT2D eigenvalue weighted by molar-refractivity contribution is 7.10. The molecule has 2 heterocycles. The molecule has 1 N–H and O–H groups in total. The second kappa shape index (κ2) is 7.97. The first kappa shape index (κ1) is 18.5. The summed E-state index contributed by atoms with van der Waals surface area (Å²) in [4.78, 5) is 28.1. The van der Waals surface area contributed by atoms with Gasteiger partial charge >= 0.3 is 0 Å². The first-order valence-corrected chi connectivity index (χ1v) is 9.27. The van der Waals surface area contributed by atoms with E-state index >= 15 is 0 Å². The van der Waals surface area contributed by atoms with Gasteiger partial charge in [-0.05, 0) is 47.7 Å². The van der Waals surface area contributed by atoms with Crippen LogP contribution in [0.1, 0.15) is 28.3 Å². The number of fused-ring (bicyclic) bond motifs is 1. The van der Waals surface area contributed by atoms with Crippen LogP contribution in [0.25, 0.3) is 0 Å². The molecule has 1 aromatic heterocycles. The number of ether oxygens (including phenoxy) is 1. The van der Waals surface area contributed by atoms with Crippen molar-refractivity contribution in [3.8, 4) is 0 Å². The van der Waals surface area contributed by atoms with Gasteiger partial charge < -0.3 is 15.0 Å². The third-order valence-electron chi connectivity index (χ3n) is 4.53. The molecule has 5 nitrogen and oxygen atoms in total. The van der Waals surface area contributed by atoms with Gasteiger partial charge in [0.25, 0.3) is 0 Å². The van der Waals surface area contributed by atoms with Crippen molar-refractivity contribution < 1.29 is 18.7 Å². The average molecular weight is 376 g/mol. The van der Waals surface area contributed by atoms with Crippen molar-refractivity contribution in [1.29, 1.82) is 0 Å². The molecule has 0 bridgehead atoms. The Hall–Kier alpha value is -2.25. The van der Waals surface area contributed by atoms with Gasteiger partial charge in [-0.15, -0.1) is 11.3 Å². The van der Waals surface area contributed by atoms with Gasteiger partial charge in [0.05, 0.1) is 19.1 Å². The molecule has 1 aliphatic heterocycles. The molecule has 0 saturated carbocycles. The van der Waals surface area contributed by atoms with E-state index in [-0.39, 0.29) is 18.2 Å². The summed E-state index contributed by atoms with van der Waals surface area (Å²) in [5.41, 5.74) is 2.15. The lowest BCUT2D eigenvalue weighted by Crippen LogP contribution is -2.40. The van der Waals surface area contributed by atoms with Crippen molar-refractivity contribution in [3.63, 3.8) is 0 Å². The standard InChI is InChI=1S/C19H21FN2O3S/c1-12-5-8-26-17(12)11-22(6-7-25-2)19(24)15-10-18(23)21-16-4-3-13(20)9-14(15)16/h3-5,8-9,15H,6-7,10-11H2,1-2H3,(H,21,23)/t15-/m1/s1. The van der Waals surface area contributed by atoms with Gasteiger partial charge in [-0.2, -0.15) is 0 Å². The molecule has 3 rings (SSSR count). The maximum atomic E-state index is 13.7. The second-order valence-electron chi connectivity index (χ2n) is 6.32. The van der Waals surface area contributed by atoms with Crippen molar-refractivity contribution in [1.82, 2.24) is 4.90 Å². The molecule has 0 aliphatic carbocycles. The molecule has 138 valence electrons. The number of nitrogens with zero attached hydrogens (tertiary/aromatic N) is 1. The van der Waals surface area contributed by atoms with Crippen LogP contribution in [0.5, 0.6) is 0 Å². The minimum atomic E-state index is -0.688. The number of hydrogen-bond donors (Lipinski definition) is 1. The van der Waals surface area contributed by atoms with E-state index in [1.807, 2.05) is 18.4 Å². The number of benzene rings is 1. The van der Waals surface area contributed by atoms with Gasteiger partial charge in [0.1, 0.15) is 5.82 Å². The number of methoxy groups -OCH3 is 1. The Bertz CT molecular complexity index is 821. The zero-order chi connectivity index (χ0) is 18.7. The Kier molecular flexibility index (Phi) is 5.68. The Balaban J connectivity index is 1.90. The van der Waals surface area contributed by atoms with E-state index in [1.54, 1.807) is 23.3 Å². The van der Waals surface area contributed by atoms with E-state index in [0.29, 0.717) is 30.9 Å². The van der Waals surface area contributed by atoms with Crippen LogP contribution in [0.2, 0.25) is 0 Å². The fourth-order valence-corrected chi connectivity index (χ4v) is 4.00. The lowest BCUT2D eigenvalue weighted by Gasteiger charge is -2.30. The molecule has 2 aromatic rings. The molecule has 0 saturated heterocycles. The Labute approximate surface area is 155 Å². The van der Waals surface area contributed by atoms with Gasteiger partial charge in [-0.3, -0.25) is 9.59 Å². The Morgan fingerprint density at radius 1 is 1.42 bits per heavy atom. The van der Waals surface area contributed by atoms with E-state index in [4.69, 9.17) is 4.74 Å². The molecule has 2 amide bonds. The van der Waals surface area contributed by atoms with E-state index in [9.17, 15) is 14.0 Å². The summed E-state index contributed by atoms with van der Waals surface area (Å²) in [7, 11) is 1.58. The highest BCUT2D eigenvalue weighted by atomic mass is 32.1. The number of halogens is 1. The molecule has 0 fully saturated rings. The summed E-state index contributed by atoms with van der Waals surface area (Å²) in [5.74, 6) is -1.53. The van der Waals surface area contributed by atoms with Crippen molar-refractivity contribution in [3.05, 3.63) is 51.5 Å². The summed E-state index contributed by atoms with van der Waals surface area (Å²) >= 11 is 1.59. The number of rotatable bonds is 6. The van der Waals surface area contributed by atoms with Crippen molar-refractivity contribution >= 4 is 28.8 Å². The third kappa shape index (κ3) is 3.94. The SMILES string of the molecule is COCCN(Cc1sccc1C)C(=O)[C@@H]1CC(=O)Nc2ccc(F)cc21. The van der Waals surface area contributed by atoms with Gasteiger partial charge in [0, 0.05) is 30.6 Å². The maximum absolute atomic E-state index is 13.7. The Morgan fingerprint density at radius 3 is 2.92 bits per heavy atom. The molecular weight excluding hydrogens is 355 g/mol. The van der Waals surface area contributed by atoms with Crippen LogP contribution in [0.4, 0.5) is 10.1 Å². The normalized spacial score (nSPS) is 16.1. The van der Waals surface area contributed by atoms with Gasteiger partial charge in [0.2, 0.25) is 11.8 Å². The molecule has 0 spiro atoms. The van der Waals surface area contributed by atoms with E-state index in [1.165, 1.54) is 18.2 Å². The highest BCUT2D eigenvalue weighted by Crippen LogP contribution is 2.34. The minimum Gasteiger partial charge on any atom is -0.383 e. The van der Waals surface area contributed by atoms with Crippen LogP contribution >= 0.6 is 11.3 Å². The van der Waals surface area contributed by atoms with Crippen LogP contribution in [0, 0.1) is 12.7 Å². The Morgan fingerprint density at radius 2 is 2.23 bits per heavy atom. The minimum absolute atomic E-state index is 0.0161. The lowest BCUT2D eigenvalue weighted by atomic mass is 9.89. The molecule has 1 aliphatic rings. The molecule has 0 radical (unpaired) electrons. The van der Waals surface area contributed by atoms with Gasteiger partial charge in [0.15, 0.2) is 0 Å². The number of amides is 2. The fourth-order valence-electron chi connectivity index (χ4n) is 3.08. The predicted octanol–water partition coefficient (Wildman–Crippen LogP) is 3.30. The number of carbonyl (C=O) groups is 2. The molecule has 0 unspecified atom stereocenters. The average Bonchev–Trinajstić information content (AvgIpc) is 3.02. The summed E-state index contributed by atoms with van der Waals surface area (Å²) in [6, 6.07) is 6.13. The molecule has 1 aromatic carbocycles. The van der Waals surface area contributed by atoms with Gasteiger partial charge in [-0.25, -0.2) is 4.39 Å². The zero-order valence-electron chi connectivity index (χ0n) is 14.8. The fraction of sp³-hybridized carbons (Fsp3) is 0.368. The monoisotopic (exact) mass is 376 g/mol. The number of carbonyl (C=O) groups excluding carboxylic acids is 2. The second-order valence-corrected chi connectivity index (χ2v) is 7.32. The number of thiophene rings is 1. The summed E-state index contributed by atoms with van der Waals surface area (Å²) in [6.07, 6.45) is 0.0161.